The maximum absolute atomic E-state index is 13.2. The van der Waals surface area contributed by atoms with Crippen LogP contribution in [0, 0.1) is 6.92 Å². The molecule has 1 saturated heterocycles. The molecule has 0 spiro atoms. The third kappa shape index (κ3) is 3.20. The zero-order valence-corrected chi connectivity index (χ0v) is 16.4. The Balaban J connectivity index is 1.40. The Morgan fingerprint density at radius 3 is 2.83 bits per heavy atom. The molecule has 1 amide bonds. The largest absolute Gasteiger partial charge is 0.337 e. The zero-order chi connectivity index (χ0) is 19.8. The van der Waals surface area contributed by atoms with E-state index in [1.54, 1.807) is 0 Å². The van der Waals surface area contributed by atoms with Crippen molar-refractivity contribution < 1.29 is 4.79 Å². The number of aryl methyl sites for hydroxylation is 1. The number of carbonyl (C=O) groups excluding carboxylic acids is 1. The third-order valence-electron chi connectivity index (χ3n) is 5.79. The maximum atomic E-state index is 13.2. The summed E-state index contributed by atoms with van der Waals surface area (Å²) in [6.45, 7) is 3.45. The summed E-state index contributed by atoms with van der Waals surface area (Å²) in [6, 6.07) is 16.2. The first kappa shape index (κ1) is 17.7. The van der Waals surface area contributed by atoms with Crippen LogP contribution in [-0.2, 0) is 0 Å². The van der Waals surface area contributed by atoms with Gasteiger partial charge < -0.3 is 9.30 Å². The van der Waals surface area contributed by atoms with E-state index in [-0.39, 0.29) is 11.8 Å². The molecule has 1 N–H and O–H groups in total. The molecule has 0 saturated carbocycles. The second-order valence-electron chi connectivity index (χ2n) is 7.68. The number of H-pyrrole nitrogens is 1. The van der Waals surface area contributed by atoms with E-state index >= 15 is 0 Å². The number of aromatic nitrogens is 4. The lowest BCUT2D eigenvalue weighted by Crippen LogP contribution is -2.39. The summed E-state index contributed by atoms with van der Waals surface area (Å²) in [6.07, 6.45) is 5.74. The van der Waals surface area contributed by atoms with Crippen molar-refractivity contribution in [3.8, 4) is 11.1 Å². The molecule has 1 aliphatic rings. The van der Waals surface area contributed by atoms with Crippen molar-refractivity contribution in [1.29, 1.82) is 0 Å². The van der Waals surface area contributed by atoms with Gasteiger partial charge in [0, 0.05) is 42.2 Å². The van der Waals surface area contributed by atoms with Crippen molar-refractivity contribution in [3.63, 3.8) is 0 Å². The zero-order valence-electron chi connectivity index (χ0n) is 16.4. The number of nitrogens with one attached hydrogen (secondary N) is 1. The normalized spacial score (nSPS) is 17.0. The highest BCUT2D eigenvalue weighted by molar-refractivity contribution is 5.93. The molecule has 1 aromatic carbocycles. The van der Waals surface area contributed by atoms with Gasteiger partial charge in [-0.1, -0.05) is 36.4 Å². The van der Waals surface area contributed by atoms with Crippen molar-refractivity contribution in [3.05, 3.63) is 78.0 Å². The summed E-state index contributed by atoms with van der Waals surface area (Å²) >= 11 is 0. The molecule has 3 aromatic heterocycles. The number of aromatic amines is 1. The average molecular weight is 385 g/mol. The number of amides is 1. The molecule has 1 aliphatic heterocycles. The fourth-order valence-corrected chi connectivity index (χ4v) is 4.27. The number of fused-ring (bicyclic) bond motifs is 1. The van der Waals surface area contributed by atoms with Crippen LogP contribution < -0.4 is 0 Å². The SMILES string of the molecule is Cc1cccc2nc(C(=O)N3CCC[C@H](c4[nH]ncc4-c4ccccc4)C3)cn12. The van der Waals surface area contributed by atoms with E-state index in [2.05, 4.69) is 27.3 Å². The molecule has 4 aromatic rings. The van der Waals surface area contributed by atoms with Gasteiger partial charge in [-0.05, 0) is 37.5 Å². The Kier molecular flexibility index (Phi) is 4.39. The van der Waals surface area contributed by atoms with Gasteiger partial charge in [-0.2, -0.15) is 5.10 Å². The minimum Gasteiger partial charge on any atom is -0.337 e. The predicted molar refractivity (Wildman–Crippen MR) is 112 cm³/mol. The van der Waals surface area contributed by atoms with Gasteiger partial charge in [0.1, 0.15) is 11.3 Å². The lowest BCUT2D eigenvalue weighted by Gasteiger charge is -2.32. The van der Waals surface area contributed by atoms with Gasteiger partial charge >= 0.3 is 0 Å². The average Bonchev–Trinajstić information content (AvgIpc) is 3.42. The maximum Gasteiger partial charge on any atom is 0.274 e. The van der Waals surface area contributed by atoms with Gasteiger partial charge in [0.25, 0.3) is 5.91 Å². The number of hydrogen-bond acceptors (Lipinski definition) is 3. The number of rotatable bonds is 3. The molecule has 29 heavy (non-hydrogen) atoms. The molecule has 1 fully saturated rings. The van der Waals surface area contributed by atoms with Crippen molar-refractivity contribution in [2.45, 2.75) is 25.7 Å². The molecule has 0 unspecified atom stereocenters. The fraction of sp³-hybridized carbons (Fsp3) is 0.261. The Bertz CT molecular complexity index is 1160. The van der Waals surface area contributed by atoms with Crippen LogP contribution in [-0.4, -0.2) is 43.5 Å². The molecular formula is C23H23N5O. The first-order valence-electron chi connectivity index (χ1n) is 10.0. The van der Waals surface area contributed by atoms with E-state index in [1.807, 2.05) is 65.0 Å². The highest BCUT2D eigenvalue weighted by atomic mass is 16.2. The smallest absolute Gasteiger partial charge is 0.274 e. The van der Waals surface area contributed by atoms with Gasteiger partial charge in [-0.15, -0.1) is 0 Å². The number of imidazole rings is 1. The number of pyridine rings is 1. The van der Waals surface area contributed by atoms with E-state index in [0.717, 1.165) is 47.5 Å². The first-order chi connectivity index (χ1) is 14.2. The van der Waals surface area contributed by atoms with E-state index < -0.39 is 0 Å². The summed E-state index contributed by atoms with van der Waals surface area (Å²) in [5.41, 5.74) is 5.76. The highest BCUT2D eigenvalue weighted by Crippen LogP contribution is 2.33. The molecule has 5 rings (SSSR count). The van der Waals surface area contributed by atoms with Gasteiger partial charge in [0.2, 0.25) is 0 Å². The lowest BCUT2D eigenvalue weighted by atomic mass is 9.90. The van der Waals surface area contributed by atoms with Crippen molar-refractivity contribution in [1.82, 2.24) is 24.5 Å². The standard InChI is InChI=1S/C23H23N5O/c1-16-7-5-11-21-25-20(15-28(16)21)23(29)27-12-6-10-18(14-27)22-19(13-24-26-22)17-8-3-2-4-9-17/h2-5,7-9,11,13,15,18H,6,10,12,14H2,1H3,(H,24,26)/t18-/m0/s1. The van der Waals surface area contributed by atoms with Gasteiger partial charge in [-0.25, -0.2) is 4.98 Å². The monoisotopic (exact) mass is 385 g/mol. The molecule has 6 heteroatoms. The number of benzene rings is 1. The summed E-state index contributed by atoms with van der Waals surface area (Å²) in [5.74, 6) is 0.239. The minimum absolute atomic E-state index is 0.00132. The summed E-state index contributed by atoms with van der Waals surface area (Å²) in [7, 11) is 0. The number of hydrogen-bond donors (Lipinski definition) is 1. The molecule has 6 nitrogen and oxygen atoms in total. The Labute approximate surface area is 169 Å². The molecule has 1 atom stereocenters. The quantitative estimate of drug-likeness (QED) is 0.578. The van der Waals surface area contributed by atoms with Crippen molar-refractivity contribution in [2.75, 3.05) is 13.1 Å². The van der Waals surface area contributed by atoms with Gasteiger partial charge in [0.15, 0.2) is 0 Å². The van der Waals surface area contributed by atoms with E-state index in [0.29, 0.717) is 12.2 Å². The van der Waals surface area contributed by atoms with Crippen molar-refractivity contribution in [2.24, 2.45) is 0 Å². The Morgan fingerprint density at radius 1 is 1.14 bits per heavy atom. The fourth-order valence-electron chi connectivity index (χ4n) is 4.27. The lowest BCUT2D eigenvalue weighted by molar-refractivity contribution is 0.0700. The minimum atomic E-state index is -0.00132. The molecule has 146 valence electrons. The number of carbonyl (C=O) groups is 1. The molecule has 0 bridgehead atoms. The van der Waals surface area contributed by atoms with E-state index in [4.69, 9.17) is 0 Å². The molecule has 0 aliphatic carbocycles. The van der Waals surface area contributed by atoms with Crippen LogP contribution >= 0.6 is 0 Å². The predicted octanol–water partition coefficient (Wildman–Crippen LogP) is 4.05. The van der Waals surface area contributed by atoms with Crippen LogP contribution in [0.3, 0.4) is 0 Å². The van der Waals surface area contributed by atoms with Crippen LogP contribution in [0.5, 0.6) is 0 Å². The van der Waals surface area contributed by atoms with Gasteiger partial charge in [-0.3, -0.25) is 9.89 Å². The second kappa shape index (κ2) is 7.20. The van der Waals surface area contributed by atoms with Crippen LogP contribution in [0.15, 0.2) is 60.9 Å². The first-order valence-corrected chi connectivity index (χ1v) is 10.0. The number of nitrogens with zero attached hydrogens (tertiary/aromatic N) is 4. The van der Waals surface area contributed by atoms with E-state index in [1.165, 1.54) is 0 Å². The Morgan fingerprint density at radius 2 is 2.00 bits per heavy atom. The Hall–Kier alpha value is -3.41. The van der Waals surface area contributed by atoms with E-state index in [9.17, 15) is 4.79 Å². The topological polar surface area (TPSA) is 66.3 Å². The summed E-state index contributed by atoms with van der Waals surface area (Å²) in [5, 5.41) is 7.49. The highest BCUT2D eigenvalue weighted by Gasteiger charge is 2.29. The number of likely N-dealkylation sites (tertiary alicyclic amines) is 1. The molecule has 4 heterocycles. The molecular weight excluding hydrogens is 362 g/mol. The van der Waals surface area contributed by atoms with Crippen molar-refractivity contribution >= 4 is 11.6 Å². The second-order valence-corrected chi connectivity index (χ2v) is 7.68. The summed E-state index contributed by atoms with van der Waals surface area (Å²) in [4.78, 5) is 19.7. The van der Waals surface area contributed by atoms with Crippen LogP contribution in [0.1, 0.15) is 40.6 Å². The molecule has 0 radical (unpaired) electrons. The van der Waals surface area contributed by atoms with Crippen LogP contribution in [0.25, 0.3) is 16.8 Å². The summed E-state index contributed by atoms with van der Waals surface area (Å²) < 4.78 is 1.97. The van der Waals surface area contributed by atoms with Gasteiger partial charge in [0.05, 0.1) is 6.20 Å². The third-order valence-corrected chi connectivity index (χ3v) is 5.79. The number of piperidine rings is 1. The van der Waals surface area contributed by atoms with Crippen LogP contribution in [0.2, 0.25) is 0 Å². The van der Waals surface area contributed by atoms with Crippen LogP contribution in [0.4, 0.5) is 0 Å².